The molecule has 0 radical (unpaired) electrons. The first-order valence-corrected chi connectivity index (χ1v) is 6.16. The molecule has 16 heavy (non-hydrogen) atoms. The van der Waals surface area contributed by atoms with E-state index in [0.717, 1.165) is 10.5 Å². The van der Waals surface area contributed by atoms with E-state index in [-0.39, 0.29) is 23.7 Å². The lowest BCUT2D eigenvalue weighted by molar-refractivity contribution is 0.300. The van der Waals surface area contributed by atoms with Crippen molar-refractivity contribution in [3.8, 4) is 0 Å². The van der Waals surface area contributed by atoms with Gasteiger partial charge in [-0.3, -0.25) is 0 Å². The van der Waals surface area contributed by atoms with Crippen molar-refractivity contribution in [2.24, 2.45) is 5.73 Å². The van der Waals surface area contributed by atoms with E-state index < -0.39 is 0 Å². The number of hydrogen-bond donors (Lipinski definition) is 2. The number of halogens is 1. The van der Waals surface area contributed by atoms with Gasteiger partial charge in [-0.1, -0.05) is 6.92 Å². The fourth-order valence-corrected chi connectivity index (χ4v) is 2.52. The molecule has 0 heterocycles. The van der Waals surface area contributed by atoms with Gasteiger partial charge in [0.05, 0.1) is 6.61 Å². The Hall–Kier alpha value is -0.580. The second-order valence-corrected chi connectivity index (χ2v) is 5.52. The van der Waals surface area contributed by atoms with Crippen LogP contribution in [0.25, 0.3) is 0 Å². The SMILES string of the molecule is Cc1cc(SC(C)CO)c([C@@H](C)N)cc1F. The van der Waals surface area contributed by atoms with E-state index in [1.54, 1.807) is 13.0 Å². The summed E-state index contributed by atoms with van der Waals surface area (Å²) >= 11 is 1.52. The molecule has 1 unspecified atom stereocenters. The zero-order valence-corrected chi connectivity index (χ0v) is 10.6. The van der Waals surface area contributed by atoms with Crippen molar-refractivity contribution in [1.82, 2.24) is 0 Å². The van der Waals surface area contributed by atoms with E-state index in [0.29, 0.717) is 5.56 Å². The van der Waals surface area contributed by atoms with Gasteiger partial charge in [0.15, 0.2) is 0 Å². The number of thioether (sulfide) groups is 1. The number of hydrogen-bond acceptors (Lipinski definition) is 3. The maximum absolute atomic E-state index is 13.4. The molecule has 0 bridgehead atoms. The minimum atomic E-state index is -0.228. The number of rotatable bonds is 4. The van der Waals surface area contributed by atoms with Gasteiger partial charge in [-0.25, -0.2) is 4.39 Å². The van der Waals surface area contributed by atoms with Crippen LogP contribution in [-0.2, 0) is 0 Å². The van der Waals surface area contributed by atoms with Crippen molar-refractivity contribution in [3.63, 3.8) is 0 Å². The lowest BCUT2D eigenvalue weighted by atomic mass is 10.1. The smallest absolute Gasteiger partial charge is 0.126 e. The van der Waals surface area contributed by atoms with E-state index in [4.69, 9.17) is 10.8 Å². The van der Waals surface area contributed by atoms with Crippen LogP contribution in [0.2, 0.25) is 0 Å². The number of aliphatic hydroxyl groups excluding tert-OH is 1. The molecule has 90 valence electrons. The molecule has 0 spiro atoms. The molecule has 0 amide bonds. The number of nitrogens with two attached hydrogens (primary N) is 1. The topological polar surface area (TPSA) is 46.2 Å². The van der Waals surface area contributed by atoms with Gasteiger partial charge >= 0.3 is 0 Å². The van der Waals surface area contributed by atoms with Crippen molar-refractivity contribution < 1.29 is 9.50 Å². The predicted molar refractivity (Wildman–Crippen MR) is 66.1 cm³/mol. The number of aliphatic hydroxyl groups is 1. The van der Waals surface area contributed by atoms with Crippen LogP contribution in [0.5, 0.6) is 0 Å². The summed E-state index contributed by atoms with van der Waals surface area (Å²) in [5.41, 5.74) is 7.22. The molecule has 0 aliphatic heterocycles. The summed E-state index contributed by atoms with van der Waals surface area (Å²) in [7, 11) is 0. The fraction of sp³-hybridized carbons (Fsp3) is 0.500. The number of aryl methyl sites for hydroxylation is 1. The molecule has 1 aromatic carbocycles. The van der Waals surface area contributed by atoms with Gasteiger partial charge in [-0.15, -0.1) is 11.8 Å². The van der Waals surface area contributed by atoms with Gasteiger partial charge in [0.1, 0.15) is 5.82 Å². The molecule has 2 atom stereocenters. The third-order valence-electron chi connectivity index (χ3n) is 2.37. The van der Waals surface area contributed by atoms with Crippen LogP contribution >= 0.6 is 11.8 Å². The molecule has 3 N–H and O–H groups in total. The summed E-state index contributed by atoms with van der Waals surface area (Å²) in [6.07, 6.45) is 0. The van der Waals surface area contributed by atoms with Gasteiger partial charge in [0.2, 0.25) is 0 Å². The molecular formula is C12H18FNOS. The average Bonchev–Trinajstić information content (AvgIpc) is 2.22. The zero-order chi connectivity index (χ0) is 12.3. The second-order valence-electron chi connectivity index (χ2n) is 4.04. The van der Waals surface area contributed by atoms with Crippen LogP contribution in [0, 0.1) is 12.7 Å². The van der Waals surface area contributed by atoms with Crippen LogP contribution in [0.15, 0.2) is 17.0 Å². The predicted octanol–water partition coefficient (Wildman–Crippen LogP) is 2.63. The van der Waals surface area contributed by atoms with E-state index in [1.807, 2.05) is 13.8 Å². The molecule has 0 aliphatic carbocycles. The van der Waals surface area contributed by atoms with Crippen molar-refractivity contribution in [2.45, 2.75) is 37.0 Å². The highest BCUT2D eigenvalue weighted by atomic mass is 32.2. The summed E-state index contributed by atoms with van der Waals surface area (Å²) in [4.78, 5) is 0.954. The Morgan fingerprint density at radius 1 is 1.44 bits per heavy atom. The monoisotopic (exact) mass is 243 g/mol. The maximum Gasteiger partial charge on any atom is 0.126 e. The Morgan fingerprint density at radius 2 is 2.06 bits per heavy atom. The standard InChI is InChI=1S/C12H18FNOS/c1-7-4-12(16-8(2)6-15)10(9(3)14)5-11(7)13/h4-5,8-9,15H,6,14H2,1-3H3/t8?,9-/m1/s1. The minimum absolute atomic E-state index is 0.0855. The van der Waals surface area contributed by atoms with Crippen molar-refractivity contribution in [2.75, 3.05) is 6.61 Å². The summed E-state index contributed by atoms with van der Waals surface area (Å²) in [6, 6.07) is 3.08. The zero-order valence-electron chi connectivity index (χ0n) is 9.83. The molecule has 0 fully saturated rings. The maximum atomic E-state index is 13.4. The molecule has 0 saturated heterocycles. The average molecular weight is 243 g/mol. The Kier molecular flexibility index (Phi) is 4.77. The molecule has 1 rings (SSSR count). The molecule has 4 heteroatoms. The Morgan fingerprint density at radius 3 is 2.56 bits per heavy atom. The highest BCUT2D eigenvalue weighted by molar-refractivity contribution is 8.00. The molecule has 0 aromatic heterocycles. The first-order valence-electron chi connectivity index (χ1n) is 5.28. The molecule has 2 nitrogen and oxygen atoms in total. The van der Waals surface area contributed by atoms with Crippen molar-refractivity contribution in [3.05, 3.63) is 29.1 Å². The van der Waals surface area contributed by atoms with Gasteiger partial charge in [0.25, 0.3) is 0 Å². The highest BCUT2D eigenvalue weighted by Gasteiger charge is 2.13. The Balaban J connectivity index is 3.09. The largest absolute Gasteiger partial charge is 0.395 e. The Bertz CT molecular complexity index is 368. The van der Waals surface area contributed by atoms with E-state index in [9.17, 15) is 4.39 Å². The Labute approximate surface area is 100 Å². The molecule has 1 aromatic rings. The van der Waals surface area contributed by atoms with Crippen molar-refractivity contribution >= 4 is 11.8 Å². The summed E-state index contributed by atoms with van der Waals surface area (Å²) in [5.74, 6) is -0.228. The normalized spacial score (nSPS) is 14.9. The van der Waals surface area contributed by atoms with Crippen LogP contribution in [-0.4, -0.2) is 17.0 Å². The van der Waals surface area contributed by atoms with Crippen molar-refractivity contribution in [1.29, 1.82) is 0 Å². The quantitative estimate of drug-likeness (QED) is 0.799. The van der Waals surface area contributed by atoms with Gasteiger partial charge in [-0.05, 0) is 37.1 Å². The van der Waals surface area contributed by atoms with E-state index in [1.165, 1.54) is 17.8 Å². The lowest BCUT2D eigenvalue weighted by Crippen LogP contribution is -2.10. The van der Waals surface area contributed by atoms with Gasteiger partial charge < -0.3 is 10.8 Å². The summed E-state index contributed by atoms with van der Waals surface area (Å²) in [5, 5.41) is 9.11. The minimum Gasteiger partial charge on any atom is -0.395 e. The second kappa shape index (κ2) is 5.66. The first-order chi connectivity index (χ1) is 7.45. The molecule has 0 saturated carbocycles. The molecule has 0 aliphatic rings. The van der Waals surface area contributed by atoms with Crippen LogP contribution in [0.4, 0.5) is 4.39 Å². The van der Waals surface area contributed by atoms with Gasteiger partial charge in [-0.2, -0.15) is 0 Å². The van der Waals surface area contributed by atoms with Crippen LogP contribution in [0.1, 0.15) is 31.0 Å². The van der Waals surface area contributed by atoms with Crippen LogP contribution < -0.4 is 5.73 Å². The van der Waals surface area contributed by atoms with E-state index in [2.05, 4.69) is 0 Å². The van der Waals surface area contributed by atoms with Gasteiger partial charge in [0, 0.05) is 16.2 Å². The third-order valence-corrected chi connectivity index (χ3v) is 3.53. The summed E-state index contributed by atoms with van der Waals surface area (Å²) in [6.45, 7) is 5.58. The van der Waals surface area contributed by atoms with Crippen LogP contribution in [0.3, 0.4) is 0 Å². The molecular weight excluding hydrogens is 225 g/mol. The summed E-state index contributed by atoms with van der Waals surface area (Å²) < 4.78 is 13.4. The number of benzene rings is 1. The lowest BCUT2D eigenvalue weighted by Gasteiger charge is -2.16. The third kappa shape index (κ3) is 3.20. The highest BCUT2D eigenvalue weighted by Crippen LogP contribution is 2.31. The van der Waals surface area contributed by atoms with E-state index >= 15 is 0 Å². The fourth-order valence-electron chi connectivity index (χ4n) is 1.38. The first kappa shape index (κ1) is 13.5.